The van der Waals surface area contributed by atoms with E-state index in [1.54, 1.807) is 0 Å². The van der Waals surface area contributed by atoms with E-state index < -0.39 is 58.6 Å². The Morgan fingerprint density at radius 3 is 1.74 bits per heavy atom. The van der Waals surface area contributed by atoms with E-state index in [9.17, 15) is 39.5 Å². The van der Waals surface area contributed by atoms with Gasteiger partial charge in [-0.2, -0.15) is 39.5 Å². The van der Waals surface area contributed by atoms with Gasteiger partial charge in [0.1, 0.15) is 0 Å². The Labute approximate surface area is 167 Å². The number of thiophene rings is 1. The lowest BCUT2D eigenvalue weighted by atomic mass is 10.0. The summed E-state index contributed by atoms with van der Waals surface area (Å²) in [6.45, 7) is 0. The average Bonchev–Trinajstić information content (AvgIpc) is 2.79. The predicted octanol–water partition coefficient (Wildman–Crippen LogP) is 8.37. The molecule has 0 amide bonds. The minimum Gasteiger partial charge on any atom is -0.166 e. The van der Waals surface area contributed by atoms with Crippen LogP contribution in [0, 0.1) is 3.57 Å². The van der Waals surface area contributed by atoms with Crippen molar-refractivity contribution in [2.45, 2.75) is 18.5 Å². The fourth-order valence-electron chi connectivity index (χ4n) is 2.65. The van der Waals surface area contributed by atoms with E-state index in [0.717, 1.165) is 34.7 Å². The number of fused-ring (bicyclic) bond motifs is 3. The number of hydrogen-bond acceptors (Lipinski definition) is 1. The molecule has 146 valence electrons. The average molecular weight is 549 g/mol. The minimum absolute atomic E-state index is 0.120. The van der Waals surface area contributed by atoms with E-state index in [1.165, 1.54) is 0 Å². The van der Waals surface area contributed by atoms with E-state index >= 15 is 0 Å². The van der Waals surface area contributed by atoms with Crippen LogP contribution >= 0.6 is 45.5 Å². The summed E-state index contributed by atoms with van der Waals surface area (Å²) >= 11 is 6.60. The van der Waals surface area contributed by atoms with Gasteiger partial charge in [0.2, 0.25) is 0 Å². The summed E-state index contributed by atoms with van der Waals surface area (Å²) in [7, 11) is 0. The van der Waals surface area contributed by atoms with Crippen LogP contribution in [-0.2, 0) is 18.5 Å². The van der Waals surface area contributed by atoms with Crippen LogP contribution in [0.1, 0.15) is 16.7 Å². The van der Waals surface area contributed by atoms with Crippen molar-refractivity contribution in [2.75, 3.05) is 0 Å². The molecule has 0 N–H and O–H groups in total. The molecular weight excluding hydrogens is 546 g/mol. The maximum atomic E-state index is 13.5. The molecule has 0 radical (unpaired) electrons. The molecule has 0 aliphatic carbocycles. The Kier molecular flexibility index (Phi) is 4.83. The van der Waals surface area contributed by atoms with Crippen molar-refractivity contribution >= 4 is 65.7 Å². The van der Waals surface area contributed by atoms with Crippen molar-refractivity contribution in [3.8, 4) is 0 Å². The van der Waals surface area contributed by atoms with Gasteiger partial charge < -0.3 is 0 Å². The largest absolute Gasteiger partial charge is 0.419 e. The first kappa shape index (κ1) is 20.8. The van der Waals surface area contributed by atoms with E-state index in [1.807, 2.05) is 0 Å². The third-order valence-electron chi connectivity index (χ3n) is 3.69. The predicted molar refractivity (Wildman–Crippen MR) is 92.1 cm³/mol. The van der Waals surface area contributed by atoms with E-state index in [4.69, 9.17) is 11.6 Å². The number of alkyl halides is 9. The zero-order valence-corrected chi connectivity index (χ0v) is 16.0. The molecule has 0 fully saturated rings. The highest BCUT2D eigenvalue weighted by molar-refractivity contribution is 14.1. The maximum Gasteiger partial charge on any atom is 0.419 e. The van der Waals surface area contributed by atoms with E-state index in [-0.39, 0.29) is 16.7 Å². The van der Waals surface area contributed by atoms with Gasteiger partial charge in [0, 0.05) is 23.7 Å². The van der Waals surface area contributed by atoms with Crippen LogP contribution < -0.4 is 0 Å². The number of hydrogen-bond donors (Lipinski definition) is 0. The number of benzene rings is 2. The molecule has 0 nitrogen and oxygen atoms in total. The van der Waals surface area contributed by atoms with Crippen LogP contribution in [0.15, 0.2) is 18.2 Å². The Bertz CT molecular complexity index is 1060. The molecule has 3 aromatic rings. The lowest BCUT2D eigenvalue weighted by Gasteiger charge is -2.16. The standard InChI is InChI=1S/C15H3ClF9IS/c16-7-2-1-4-5-3-6(13(17,18)19)10(26)9(15(23,24)25)12(5)27-11(4)8(7)14(20,21)22/h1-3H. The molecule has 0 saturated carbocycles. The van der Waals surface area contributed by atoms with Crippen LogP contribution in [0.25, 0.3) is 20.2 Å². The molecule has 12 heteroatoms. The Hall–Kier alpha value is -0.950. The zero-order chi connectivity index (χ0) is 20.5. The summed E-state index contributed by atoms with van der Waals surface area (Å²) in [5, 5.41) is -1.68. The molecule has 2 aromatic carbocycles. The number of halogens is 11. The Morgan fingerprint density at radius 2 is 1.26 bits per heavy atom. The third kappa shape index (κ3) is 3.46. The Balaban J connectivity index is 2.61. The van der Waals surface area contributed by atoms with E-state index in [0.29, 0.717) is 6.07 Å². The van der Waals surface area contributed by atoms with Crippen molar-refractivity contribution in [1.29, 1.82) is 0 Å². The maximum absolute atomic E-state index is 13.5. The fourth-order valence-corrected chi connectivity index (χ4v) is 5.61. The first-order valence-electron chi connectivity index (χ1n) is 6.73. The lowest BCUT2D eigenvalue weighted by molar-refractivity contribution is -0.143. The molecular formula is C15H3ClF9IS. The number of rotatable bonds is 0. The van der Waals surface area contributed by atoms with Gasteiger partial charge in [-0.25, -0.2) is 0 Å². The highest BCUT2D eigenvalue weighted by atomic mass is 127. The summed E-state index contributed by atoms with van der Waals surface area (Å²) < 4.78 is 118. The van der Waals surface area contributed by atoms with Gasteiger partial charge in [-0.05, 0) is 34.7 Å². The summed E-state index contributed by atoms with van der Waals surface area (Å²) in [5.41, 5.74) is -4.55. The molecule has 1 heterocycles. The van der Waals surface area contributed by atoms with Crippen LogP contribution in [0.4, 0.5) is 39.5 Å². The molecule has 3 rings (SSSR count). The van der Waals surface area contributed by atoms with Crippen molar-refractivity contribution < 1.29 is 39.5 Å². The van der Waals surface area contributed by atoms with Gasteiger partial charge in [-0.3, -0.25) is 0 Å². The first-order valence-corrected chi connectivity index (χ1v) is 9.00. The summed E-state index contributed by atoms with van der Waals surface area (Å²) in [6.07, 6.45) is -15.3. The van der Waals surface area contributed by atoms with Gasteiger partial charge in [0.15, 0.2) is 0 Å². The van der Waals surface area contributed by atoms with Gasteiger partial charge in [0.05, 0.1) is 21.7 Å². The second kappa shape index (κ2) is 6.28. The summed E-state index contributed by atoms with van der Waals surface area (Å²) in [6, 6.07) is 2.23. The molecule has 0 saturated heterocycles. The zero-order valence-electron chi connectivity index (χ0n) is 12.3. The molecule has 0 aliphatic rings. The quantitative estimate of drug-likeness (QED) is 0.196. The van der Waals surface area contributed by atoms with E-state index in [2.05, 4.69) is 0 Å². The SMILES string of the molecule is FC(F)(F)c1cc2c(sc3c(C(F)(F)F)c(Cl)ccc32)c(C(F)(F)F)c1I. The van der Waals surface area contributed by atoms with Gasteiger partial charge in [-0.15, -0.1) is 11.3 Å². The molecule has 1 aromatic heterocycles. The lowest BCUT2D eigenvalue weighted by Crippen LogP contribution is -2.14. The van der Waals surface area contributed by atoms with Crippen LogP contribution in [-0.4, -0.2) is 0 Å². The molecule has 0 spiro atoms. The van der Waals surface area contributed by atoms with Crippen molar-refractivity contribution in [3.63, 3.8) is 0 Å². The monoisotopic (exact) mass is 548 g/mol. The fraction of sp³-hybridized carbons (Fsp3) is 0.200. The molecule has 0 atom stereocenters. The Morgan fingerprint density at radius 1 is 0.741 bits per heavy atom. The second-order valence-corrected chi connectivity index (χ2v) is 7.89. The normalized spacial score (nSPS) is 13.7. The highest BCUT2D eigenvalue weighted by Gasteiger charge is 2.43. The van der Waals surface area contributed by atoms with Crippen LogP contribution in [0.5, 0.6) is 0 Å². The smallest absolute Gasteiger partial charge is 0.166 e. The second-order valence-electron chi connectivity index (χ2n) is 5.38. The van der Waals surface area contributed by atoms with Crippen LogP contribution in [0.3, 0.4) is 0 Å². The van der Waals surface area contributed by atoms with Gasteiger partial charge >= 0.3 is 18.5 Å². The topological polar surface area (TPSA) is 0 Å². The first-order chi connectivity index (χ1) is 12.1. The minimum atomic E-state index is -5.20. The van der Waals surface area contributed by atoms with Crippen molar-refractivity contribution in [3.05, 3.63) is 43.5 Å². The van der Waals surface area contributed by atoms with Crippen molar-refractivity contribution in [2.24, 2.45) is 0 Å². The third-order valence-corrected chi connectivity index (χ3v) is 6.38. The highest BCUT2D eigenvalue weighted by Crippen LogP contribution is 2.51. The molecule has 0 aliphatic heterocycles. The summed E-state index contributed by atoms with van der Waals surface area (Å²) in [4.78, 5) is 0. The van der Waals surface area contributed by atoms with Gasteiger partial charge in [0.25, 0.3) is 0 Å². The molecule has 0 unspecified atom stereocenters. The van der Waals surface area contributed by atoms with Gasteiger partial charge in [-0.1, -0.05) is 17.7 Å². The molecule has 0 bridgehead atoms. The van der Waals surface area contributed by atoms with Crippen LogP contribution in [0.2, 0.25) is 5.02 Å². The molecule has 27 heavy (non-hydrogen) atoms. The van der Waals surface area contributed by atoms with Crippen molar-refractivity contribution in [1.82, 2.24) is 0 Å². The summed E-state index contributed by atoms with van der Waals surface area (Å²) in [5.74, 6) is 0.